The topological polar surface area (TPSA) is 15.3 Å². The summed E-state index contributed by atoms with van der Waals surface area (Å²) in [5, 5.41) is 2.43. The van der Waals surface area contributed by atoms with Crippen molar-refractivity contribution in [3.63, 3.8) is 0 Å². The average molecular weight is 344 g/mol. The SMILES string of the molecule is CC1CCCC(C)N1NCc1ccc(I)cc1. The van der Waals surface area contributed by atoms with E-state index in [0.29, 0.717) is 12.1 Å². The van der Waals surface area contributed by atoms with Crippen LogP contribution in [-0.2, 0) is 6.54 Å². The van der Waals surface area contributed by atoms with Crippen LogP contribution in [0.15, 0.2) is 24.3 Å². The summed E-state index contributed by atoms with van der Waals surface area (Å²) in [5.41, 5.74) is 4.94. The van der Waals surface area contributed by atoms with Gasteiger partial charge in [0.15, 0.2) is 0 Å². The van der Waals surface area contributed by atoms with E-state index in [2.05, 4.69) is 71.1 Å². The lowest BCUT2D eigenvalue weighted by atomic mass is 10.00. The van der Waals surface area contributed by atoms with Crippen LogP contribution in [0.2, 0.25) is 0 Å². The van der Waals surface area contributed by atoms with Crippen LogP contribution in [0.5, 0.6) is 0 Å². The Balaban J connectivity index is 1.90. The van der Waals surface area contributed by atoms with Crippen LogP contribution in [-0.4, -0.2) is 17.1 Å². The van der Waals surface area contributed by atoms with Gasteiger partial charge in [0.2, 0.25) is 0 Å². The second-order valence-electron chi connectivity index (χ2n) is 5.00. The summed E-state index contributed by atoms with van der Waals surface area (Å²) < 4.78 is 1.30. The fourth-order valence-corrected chi connectivity index (χ4v) is 2.88. The predicted molar refractivity (Wildman–Crippen MR) is 80.6 cm³/mol. The minimum Gasteiger partial charge on any atom is -0.250 e. The van der Waals surface area contributed by atoms with Crippen molar-refractivity contribution in [1.29, 1.82) is 0 Å². The quantitative estimate of drug-likeness (QED) is 0.844. The Morgan fingerprint density at radius 1 is 1.18 bits per heavy atom. The molecular weight excluding hydrogens is 323 g/mol. The second-order valence-corrected chi connectivity index (χ2v) is 6.24. The molecule has 1 aliphatic rings. The van der Waals surface area contributed by atoms with E-state index < -0.39 is 0 Å². The number of hydrogen-bond acceptors (Lipinski definition) is 2. The molecule has 2 unspecified atom stereocenters. The molecule has 0 bridgehead atoms. The number of benzene rings is 1. The van der Waals surface area contributed by atoms with Gasteiger partial charge < -0.3 is 0 Å². The summed E-state index contributed by atoms with van der Waals surface area (Å²) in [6.45, 7) is 5.57. The zero-order chi connectivity index (χ0) is 12.3. The van der Waals surface area contributed by atoms with Crippen molar-refractivity contribution in [2.75, 3.05) is 0 Å². The van der Waals surface area contributed by atoms with Crippen LogP contribution >= 0.6 is 22.6 Å². The molecule has 0 aliphatic carbocycles. The normalized spacial score (nSPS) is 26.1. The highest BCUT2D eigenvalue weighted by Crippen LogP contribution is 2.20. The van der Waals surface area contributed by atoms with Gasteiger partial charge in [-0.2, -0.15) is 0 Å². The molecule has 1 N–H and O–H groups in total. The largest absolute Gasteiger partial charge is 0.250 e. The summed E-state index contributed by atoms with van der Waals surface area (Å²) in [4.78, 5) is 0. The third-order valence-corrected chi connectivity index (χ3v) is 4.29. The molecule has 0 spiro atoms. The molecule has 2 rings (SSSR count). The average Bonchev–Trinajstić information content (AvgIpc) is 2.31. The number of piperidine rings is 1. The highest BCUT2D eigenvalue weighted by molar-refractivity contribution is 14.1. The predicted octanol–water partition coefficient (Wildman–Crippen LogP) is 3.56. The van der Waals surface area contributed by atoms with Crippen molar-refractivity contribution in [3.8, 4) is 0 Å². The molecule has 1 aromatic carbocycles. The van der Waals surface area contributed by atoms with Crippen LogP contribution in [0.3, 0.4) is 0 Å². The molecule has 1 heterocycles. The number of hydrogen-bond donors (Lipinski definition) is 1. The lowest BCUT2D eigenvalue weighted by Gasteiger charge is -2.39. The summed E-state index contributed by atoms with van der Waals surface area (Å²) in [6.07, 6.45) is 3.98. The molecule has 1 aliphatic heterocycles. The Morgan fingerprint density at radius 2 is 1.76 bits per heavy atom. The van der Waals surface area contributed by atoms with Gasteiger partial charge in [-0.15, -0.1) is 0 Å². The Bertz CT molecular complexity index is 340. The van der Waals surface area contributed by atoms with Gasteiger partial charge in [0, 0.05) is 22.2 Å². The Labute approximate surface area is 118 Å². The molecule has 2 atom stereocenters. The smallest absolute Gasteiger partial charge is 0.0353 e. The lowest BCUT2D eigenvalue weighted by molar-refractivity contribution is 0.0435. The highest BCUT2D eigenvalue weighted by Gasteiger charge is 2.23. The van der Waals surface area contributed by atoms with Gasteiger partial charge in [-0.3, -0.25) is 5.43 Å². The maximum absolute atomic E-state index is 3.59. The van der Waals surface area contributed by atoms with Gasteiger partial charge >= 0.3 is 0 Å². The fraction of sp³-hybridized carbons (Fsp3) is 0.571. The molecule has 0 radical (unpaired) electrons. The molecule has 0 amide bonds. The van der Waals surface area contributed by atoms with Crippen molar-refractivity contribution in [2.45, 2.75) is 51.7 Å². The minimum absolute atomic E-state index is 0.655. The van der Waals surface area contributed by atoms with Gasteiger partial charge in [-0.25, -0.2) is 5.01 Å². The molecule has 94 valence electrons. The van der Waals surface area contributed by atoms with E-state index in [1.807, 2.05) is 0 Å². The van der Waals surface area contributed by atoms with Crippen LogP contribution in [0, 0.1) is 3.57 Å². The van der Waals surface area contributed by atoms with Crippen molar-refractivity contribution >= 4 is 22.6 Å². The first-order valence-corrected chi connectivity index (χ1v) is 7.51. The molecular formula is C14H21IN2. The van der Waals surface area contributed by atoms with Gasteiger partial charge in [0.1, 0.15) is 0 Å². The van der Waals surface area contributed by atoms with E-state index in [9.17, 15) is 0 Å². The maximum Gasteiger partial charge on any atom is 0.0353 e. The zero-order valence-corrected chi connectivity index (χ0v) is 12.8. The monoisotopic (exact) mass is 344 g/mol. The first-order valence-electron chi connectivity index (χ1n) is 6.43. The zero-order valence-electron chi connectivity index (χ0n) is 10.6. The summed E-state index contributed by atoms with van der Waals surface area (Å²) in [5.74, 6) is 0. The number of hydrazine groups is 1. The van der Waals surface area contributed by atoms with E-state index >= 15 is 0 Å². The summed E-state index contributed by atoms with van der Waals surface area (Å²) >= 11 is 2.34. The number of nitrogens with zero attached hydrogens (tertiary/aromatic N) is 1. The van der Waals surface area contributed by atoms with Crippen molar-refractivity contribution in [2.24, 2.45) is 0 Å². The fourth-order valence-electron chi connectivity index (χ4n) is 2.52. The van der Waals surface area contributed by atoms with E-state index in [0.717, 1.165) is 6.54 Å². The number of rotatable bonds is 3. The molecule has 2 nitrogen and oxygen atoms in total. The van der Waals surface area contributed by atoms with Crippen LogP contribution in [0.4, 0.5) is 0 Å². The first-order chi connectivity index (χ1) is 8.16. The molecule has 0 aromatic heterocycles. The van der Waals surface area contributed by atoms with E-state index in [1.54, 1.807) is 0 Å². The van der Waals surface area contributed by atoms with Crippen LogP contribution in [0.25, 0.3) is 0 Å². The summed E-state index contributed by atoms with van der Waals surface area (Å²) in [7, 11) is 0. The van der Waals surface area contributed by atoms with Crippen molar-refractivity contribution in [1.82, 2.24) is 10.4 Å². The maximum atomic E-state index is 3.59. The lowest BCUT2D eigenvalue weighted by Crippen LogP contribution is -2.51. The van der Waals surface area contributed by atoms with Crippen LogP contribution in [0.1, 0.15) is 38.7 Å². The van der Waals surface area contributed by atoms with E-state index in [-0.39, 0.29) is 0 Å². The van der Waals surface area contributed by atoms with Crippen molar-refractivity contribution in [3.05, 3.63) is 33.4 Å². The van der Waals surface area contributed by atoms with Crippen LogP contribution < -0.4 is 5.43 Å². The third-order valence-electron chi connectivity index (χ3n) is 3.57. The summed E-state index contributed by atoms with van der Waals surface area (Å²) in [6, 6.07) is 10.0. The van der Waals surface area contributed by atoms with Crippen molar-refractivity contribution < 1.29 is 0 Å². The number of nitrogens with one attached hydrogen (secondary N) is 1. The number of halogens is 1. The molecule has 0 saturated carbocycles. The standard InChI is InChI=1S/C14H21IN2/c1-11-4-3-5-12(2)17(11)16-10-13-6-8-14(15)9-7-13/h6-9,11-12,16H,3-5,10H2,1-2H3. The van der Waals surface area contributed by atoms with E-state index in [1.165, 1.54) is 28.4 Å². The Kier molecular flexibility index (Phi) is 4.82. The van der Waals surface area contributed by atoms with Gasteiger partial charge in [-0.1, -0.05) is 18.6 Å². The highest BCUT2D eigenvalue weighted by atomic mass is 127. The minimum atomic E-state index is 0.655. The molecule has 1 saturated heterocycles. The van der Waals surface area contributed by atoms with Gasteiger partial charge in [0.25, 0.3) is 0 Å². The van der Waals surface area contributed by atoms with E-state index in [4.69, 9.17) is 0 Å². The first kappa shape index (κ1) is 13.3. The molecule has 3 heteroatoms. The van der Waals surface area contributed by atoms with Gasteiger partial charge in [-0.05, 0) is 67.0 Å². The second kappa shape index (κ2) is 6.16. The molecule has 17 heavy (non-hydrogen) atoms. The molecule has 1 aromatic rings. The van der Waals surface area contributed by atoms with Gasteiger partial charge in [0.05, 0.1) is 0 Å². The molecule has 1 fully saturated rings. The Morgan fingerprint density at radius 3 is 2.35 bits per heavy atom. The third kappa shape index (κ3) is 3.66. The Hall–Kier alpha value is -0.130.